The molecule has 0 bridgehead atoms. The van der Waals surface area contributed by atoms with Crippen molar-refractivity contribution in [1.82, 2.24) is 0 Å². The molecule has 1 aliphatic carbocycles. The van der Waals surface area contributed by atoms with Crippen molar-refractivity contribution in [2.45, 2.75) is 36.6 Å². The molecule has 10 N–H and O–H groups in total. The molecular formula is C6H16Na8O18P4. The van der Waals surface area contributed by atoms with Crippen LogP contribution in [0.25, 0.3) is 0 Å². The van der Waals surface area contributed by atoms with Crippen molar-refractivity contribution in [2.24, 2.45) is 0 Å². The van der Waals surface area contributed by atoms with Gasteiger partial charge in [-0.2, -0.15) is 0 Å². The van der Waals surface area contributed by atoms with E-state index in [0.717, 1.165) is 0 Å². The van der Waals surface area contributed by atoms with E-state index in [1.807, 2.05) is 0 Å². The fourth-order valence-electron chi connectivity index (χ4n) is 2.28. The molecular weight excluding hydrogens is 668 g/mol. The van der Waals surface area contributed by atoms with E-state index in [4.69, 9.17) is 39.1 Å². The number of hydrogen-bond acceptors (Lipinski definition) is 10. The molecule has 8 radical (unpaired) electrons. The van der Waals surface area contributed by atoms with Crippen LogP contribution in [0.2, 0.25) is 0 Å². The molecule has 0 aromatic heterocycles. The van der Waals surface area contributed by atoms with Crippen LogP contribution >= 0.6 is 31.3 Å². The van der Waals surface area contributed by atoms with Gasteiger partial charge in [0, 0.05) is 236 Å². The summed E-state index contributed by atoms with van der Waals surface area (Å²) >= 11 is 0. The Balaban J connectivity index is -0.000000163. The molecule has 1 saturated carbocycles. The van der Waals surface area contributed by atoms with Gasteiger partial charge >= 0.3 is 31.3 Å². The predicted octanol–water partition coefficient (Wildman–Crippen LogP) is -6.41. The van der Waals surface area contributed by atoms with E-state index in [2.05, 4.69) is 18.1 Å². The summed E-state index contributed by atoms with van der Waals surface area (Å²) < 4.78 is 60.5. The zero-order valence-electron chi connectivity index (χ0n) is 21.0. The molecule has 0 aliphatic heterocycles. The number of aliphatic hydroxyl groups excluding tert-OH is 2. The second-order valence-corrected chi connectivity index (χ2v) is 9.99. The first kappa shape index (κ1) is 63.1. The minimum absolute atomic E-state index is 0. The van der Waals surface area contributed by atoms with Crippen molar-refractivity contribution in [3.63, 3.8) is 0 Å². The van der Waals surface area contributed by atoms with Gasteiger partial charge in [0.25, 0.3) is 0 Å². The van der Waals surface area contributed by atoms with Crippen LogP contribution < -0.4 is 0 Å². The summed E-state index contributed by atoms with van der Waals surface area (Å²) in [6.45, 7) is 0. The molecule has 36 heavy (non-hydrogen) atoms. The van der Waals surface area contributed by atoms with Crippen molar-refractivity contribution in [2.75, 3.05) is 0 Å². The van der Waals surface area contributed by atoms with Crippen LogP contribution in [0.3, 0.4) is 0 Å². The van der Waals surface area contributed by atoms with E-state index in [-0.39, 0.29) is 236 Å². The normalized spacial score (nSPS) is 25.7. The quantitative estimate of drug-likeness (QED) is 0.0840. The Morgan fingerprint density at radius 1 is 0.361 bits per heavy atom. The molecule has 1 fully saturated rings. The Hall–Kier alpha value is 8.36. The molecule has 0 aromatic carbocycles. The fraction of sp³-hybridized carbons (Fsp3) is 1.00. The molecule has 0 spiro atoms. The molecule has 0 saturated heterocycles. The summed E-state index contributed by atoms with van der Waals surface area (Å²) in [5, 5.41) is 20.1. The third kappa shape index (κ3) is 26.4. The van der Waals surface area contributed by atoms with Gasteiger partial charge in [0.05, 0.1) is 0 Å². The summed E-state index contributed by atoms with van der Waals surface area (Å²) in [6, 6.07) is 0. The predicted molar refractivity (Wildman–Crippen MR) is 126 cm³/mol. The summed E-state index contributed by atoms with van der Waals surface area (Å²) in [5.74, 6) is 0. The molecule has 0 heterocycles. The van der Waals surface area contributed by atoms with Gasteiger partial charge in [0.15, 0.2) is 0 Å². The van der Waals surface area contributed by atoms with Crippen LogP contribution in [0, 0.1) is 0 Å². The number of hydrogen-bond donors (Lipinski definition) is 10. The summed E-state index contributed by atoms with van der Waals surface area (Å²) in [4.78, 5) is 71.0. The minimum atomic E-state index is -5.64. The molecule has 2 unspecified atom stereocenters. The summed E-state index contributed by atoms with van der Waals surface area (Å²) in [7, 11) is -22.4. The molecule has 1 aliphatic rings. The number of aliphatic hydroxyl groups is 2. The minimum Gasteiger partial charge on any atom is -0.387 e. The average Bonchev–Trinajstić information content (AvgIpc) is 2.39. The van der Waals surface area contributed by atoms with E-state index in [1.54, 1.807) is 0 Å². The molecule has 0 aromatic rings. The van der Waals surface area contributed by atoms with Crippen LogP contribution in [0.5, 0.6) is 0 Å². The first-order valence-electron chi connectivity index (χ1n) is 6.52. The number of phosphoric ester groups is 4. The van der Waals surface area contributed by atoms with Crippen molar-refractivity contribution < 1.29 is 85.7 Å². The van der Waals surface area contributed by atoms with Crippen molar-refractivity contribution in [3.05, 3.63) is 0 Å². The van der Waals surface area contributed by atoms with Gasteiger partial charge in [-0.25, -0.2) is 18.3 Å². The van der Waals surface area contributed by atoms with Crippen LogP contribution in [-0.2, 0) is 36.4 Å². The van der Waals surface area contributed by atoms with Gasteiger partial charge in [0.1, 0.15) is 36.6 Å². The van der Waals surface area contributed by atoms with Gasteiger partial charge < -0.3 is 49.4 Å². The first-order chi connectivity index (χ1) is 12.2. The average molecular weight is 684 g/mol. The van der Waals surface area contributed by atoms with Crippen LogP contribution in [0.1, 0.15) is 0 Å². The Morgan fingerprint density at radius 2 is 0.528 bits per heavy atom. The maximum Gasteiger partial charge on any atom is 0.470 e. The standard InChI is InChI=1S/C6H16O18P4.8Na/c7-1-3(21-25(9,10)11)2(8)5(23-27(15,16)17)6(24-28(18,19)20)4(1)22-26(12,13)14;;;;;;;;/h1-8H,(H2,9,10,11)(H2,12,13,14)(H2,15,16,17)(H2,18,19,20);;;;;;;;/t1-,2-,3?,4-,5+,6?;;;;;;;;/m0......../s1. The number of phosphoric acid groups is 4. The second kappa shape index (κ2) is 26.3. The molecule has 18 nitrogen and oxygen atoms in total. The van der Waals surface area contributed by atoms with E-state index < -0.39 is 67.9 Å². The summed E-state index contributed by atoms with van der Waals surface area (Å²) in [6.07, 6.45) is -15.9. The van der Waals surface area contributed by atoms with Gasteiger partial charge in [0.2, 0.25) is 0 Å². The largest absolute Gasteiger partial charge is 0.470 e. The molecule has 176 valence electrons. The smallest absolute Gasteiger partial charge is 0.387 e. The topological polar surface area (TPSA) is 308 Å². The van der Waals surface area contributed by atoms with E-state index >= 15 is 0 Å². The van der Waals surface area contributed by atoms with Crippen LogP contribution in [0.15, 0.2) is 0 Å². The zero-order chi connectivity index (χ0) is 22.3. The van der Waals surface area contributed by atoms with Crippen LogP contribution in [-0.4, -0.2) is 322 Å². The van der Waals surface area contributed by atoms with Crippen molar-refractivity contribution >= 4 is 268 Å². The maximum absolute atomic E-state index is 11.1. The second-order valence-electron chi connectivity index (χ2n) is 5.22. The Bertz CT molecular complexity index is 716. The molecule has 6 atom stereocenters. The van der Waals surface area contributed by atoms with Crippen LogP contribution in [0.4, 0.5) is 0 Å². The van der Waals surface area contributed by atoms with Gasteiger partial charge in [-0.1, -0.05) is 0 Å². The first-order valence-corrected chi connectivity index (χ1v) is 12.6. The van der Waals surface area contributed by atoms with E-state index in [9.17, 15) is 28.5 Å². The molecule has 30 heteroatoms. The van der Waals surface area contributed by atoms with E-state index in [1.165, 1.54) is 0 Å². The van der Waals surface area contributed by atoms with Gasteiger partial charge in [-0.05, 0) is 0 Å². The summed E-state index contributed by atoms with van der Waals surface area (Å²) in [5.41, 5.74) is 0. The van der Waals surface area contributed by atoms with E-state index in [0.29, 0.717) is 0 Å². The monoisotopic (exact) mass is 684 g/mol. The zero-order valence-corrected chi connectivity index (χ0v) is 40.6. The third-order valence-electron chi connectivity index (χ3n) is 3.03. The Morgan fingerprint density at radius 3 is 0.722 bits per heavy atom. The maximum atomic E-state index is 11.1. The Labute approximate surface area is 381 Å². The number of rotatable bonds is 8. The van der Waals surface area contributed by atoms with Gasteiger partial charge in [-0.3, -0.25) is 18.1 Å². The third-order valence-corrected chi connectivity index (χ3v) is 5.10. The van der Waals surface area contributed by atoms with Crippen molar-refractivity contribution in [3.8, 4) is 0 Å². The fourth-order valence-corrected chi connectivity index (χ4v) is 4.52. The Kier molecular flexibility index (Phi) is 46.1. The van der Waals surface area contributed by atoms with Crippen molar-refractivity contribution in [1.29, 1.82) is 0 Å². The SMILES string of the molecule is O=P(O)(O)OC1[C@H](O)[C@H](OP(=O)(O)O)C(OP(=O)(O)O)[C@H](OP(=O)(O)O)[C@H]1O.[Na].[Na].[Na].[Na].[Na].[Na].[Na].[Na]. The molecule has 0 amide bonds. The van der Waals surface area contributed by atoms with Gasteiger partial charge in [-0.15, -0.1) is 0 Å². The molecule has 1 rings (SSSR count).